The van der Waals surface area contributed by atoms with Crippen molar-refractivity contribution in [3.05, 3.63) is 36.5 Å². The molecule has 2 aliphatic rings. The maximum atomic E-state index is 13.0. The van der Waals surface area contributed by atoms with E-state index in [4.69, 9.17) is 4.74 Å². The fourth-order valence-electron chi connectivity index (χ4n) is 3.63. The van der Waals surface area contributed by atoms with Crippen LogP contribution in [-0.4, -0.2) is 49.6 Å². The third-order valence-electron chi connectivity index (χ3n) is 4.88. The second kappa shape index (κ2) is 5.94. The first-order chi connectivity index (χ1) is 12.7. The van der Waals surface area contributed by atoms with Crippen molar-refractivity contribution in [3.63, 3.8) is 0 Å². The molecule has 7 nitrogen and oxygen atoms in total. The second-order valence-electron chi connectivity index (χ2n) is 6.59. The molecule has 2 fully saturated rings. The first-order valence-electron chi connectivity index (χ1n) is 8.52. The van der Waals surface area contributed by atoms with Gasteiger partial charge in [0.15, 0.2) is 11.5 Å². The highest BCUT2D eigenvalue weighted by Gasteiger charge is 2.34. The molecule has 5 heterocycles. The van der Waals surface area contributed by atoms with E-state index in [0.29, 0.717) is 17.2 Å². The van der Waals surface area contributed by atoms with Gasteiger partial charge in [-0.25, -0.2) is 28.7 Å². The predicted molar refractivity (Wildman–Crippen MR) is 89.1 cm³/mol. The SMILES string of the molecule is FC(F)c1cn2c(-c3nccc(N4CC5CCC(C4)O5)n3)cnc2cn1. The second-order valence-corrected chi connectivity index (χ2v) is 6.59. The number of alkyl halides is 2. The molecule has 2 unspecified atom stereocenters. The molecule has 0 aliphatic carbocycles. The van der Waals surface area contributed by atoms with Crippen molar-refractivity contribution >= 4 is 11.5 Å². The molecule has 134 valence electrons. The minimum atomic E-state index is -2.65. The van der Waals surface area contributed by atoms with Crippen molar-refractivity contribution in [1.29, 1.82) is 0 Å². The van der Waals surface area contributed by atoms with Crippen molar-refractivity contribution in [3.8, 4) is 11.5 Å². The summed E-state index contributed by atoms with van der Waals surface area (Å²) in [5, 5.41) is 0. The Labute approximate surface area is 147 Å². The highest BCUT2D eigenvalue weighted by molar-refractivity contribution is 5.58. The van der Waals surface area contributed by atoms with Crippen LogP contribution in [0.4, 0.5) is 14.6 Å². The topological polar surface area (TPSA) is 68.4 Å². The summed E-state index contributed by atoms with van der Waals surface area (Å²) in [6, 6.07) is 1.86. The lowest BCUT2D eigenvalue weighted by molar-refractivity contribution is 0.0302. The van der Waals surface area contributed by atoms with Gasteiger partial charge < -0.3 is 9.64 Å². The Hall–Kier alpha value is -2.68. The van der Waals surface area contributed by atoms with Crippen LogP contribution in [0.3, 0.4) is 0 Å². The number of rotatable bonds is 3. The standard InChI is InChI=1S/C17H16F2N6O/c18-16(19)12-9-25-13(5-22-15(25)6-21-12)17-20-4-3-14(23-17)24-7-10-1-2-11(8-24)26-10/h3-6,9-11,16H,1-2,7-8H2. The zero-order valence-corrected chi connectivity index (χ0v) is 13.8. The lowest BCUT2D eigenvalue weighted by Gasteiger charge is -2.32. The van der Waals surface area contributed by atoms with Gasteiger partial charge in [0.05, 0.1) is 24.6 Å². The van der Waals surface area contributed by atoms with Gasteiger partial charge >= 0.3 is 0 Å². The number of aromatic nitrogens is 5. The maximum absolute atomic E-state index is 13.0. The molecule has 5 rings (SSSR count). The average molecular weight is 358 g/mol. The van der Waals surface area contributed by atoms with E-state index in [0.717, 1.165) is 31.7 Å². The summed E-state index contributed by atoms with van der Waals surface area (Å²) in [6.07, 6.45) is 5.89. The van der Waals surface area contributed by atoms with E-state index in [-0.39, 0.29) is 17.9 Å². The van der Waals surface area contributed by atoms with Crippen molar-refractivity contribution in [1.82, 2.24) is 24.3 Å². The molecule has 0 aromatic carbocycles. The number of hydrogen-bond donors (Lipinski definition) is 0. The normalized spacial score (nSPS) is 22.5. The average Bonchev–Trinajstić information content (AvgIpc) is 3.23. The minimum absolute atomic E-state index is 0.252. The first kappa shape index (κ1) is 15.6. The number of hydrogen-bond acceptors (Lipinski definition) is 6. The molecule has 2 bridgehead atoms. The van der Waals surface area contributed by atoms with E-state index in [1.54, 1.807) is 16.8 Å². The van der Waals surface area contributed by atoms with E-state index in [1.807, 2.05) is 6.07 Å². The van der Waals surface area contributed by atoms with Crippen LogP contribution in [0.2, 0.25) is 0 Å². The van der Waals surface area contributed by atoms with Crippen LogP contribution in [0.1, 0.15) is 25.0 Å². The molecule has 0 radical (unpaired) electrons. The zero-order chi connectivity index (χ0) is 17.7. The molecule has 0 N–H and O–H groups in total. The summed E-state index contributed by atoms with van der Waals surface area (Å²) in [7, 11) is 0. The van der Waals surface area contributed by atoms with Gasteiger partial charge in [-0.3, -0.25) is 4.40 Å². The monoisotopic (exact) mass is 358 g/mol. The third-order valence-corrected chi connectivity index (χ3v) is 4.88. The fourth-order valence-corrected chi connectivity index (χ4v) is 3.63. The predicted octanol–water partition coefficient (Wildman–Crippen LogP) is 2.49. The lowest BCUT2D eigenvalue weighted by atomic mass is 10.2. The lowest BCUT2D eigenvalue weighted by Crippen LogP contribution is -2.43. The Kier molecular flexibility index (Phi) is 3.56. The summed E-state index contributed by atoms with van der Waals surface area (Å²) in [4.78, 5) is 19.1. The number of halogens is 2. The molecule has 0 amide bonds. The number of imidazole rings is 1. The summed E-state index contributed by atoms with van der Waals surface area (Å²) in [5.41, 5.74) is 0.725. The Morgan fingerprint density at radius 2 is 1.88 bits per heavy atom. The first-order valence-corrected chi connectivity index (χ1v) is 8.52. The van der Waals surface area contributed by atoms with Crippen LogP contribution in [0.25, 0.3) is 17.2 Å². The van der Waals surface area contributed by atoms with E-state index >= 15 is 0 Å². The van der Waals surface area contributed by atoms with E-state index < -0.39 is 6.43 Å². The van der Waals surface area contributed by atoms with Gasteiger partial charge in [-0.2, -0.15) is 0 Å². The molecule has 3 aromatic heterocycles. The smallest absolute Gasteiger partial charge is 0.281 e. The molecule has 26 heavy (non-hydrogen) atoms. The van der Waals surface area contributed by atoms with Gasteiger partial charge in [-0.1, -0.05) is 0 Å². The number of fused-ring (bicyclic) bond motifs is 3. The van der Waals surface area contributed by atoms with Crippen LogP contribution in [0, 0.1) is 0 Å². The molecule has 3 aromatic rings. The molecular weight excluding hydrogens is 342 g/mol. The van der Waals surface area contributed by atoms with Crippen molar-refractivity contribution in [2.75, 3.05) is 18.0 Å². The van der Waals surface area contributed by atoms with Gasteiger partial charge in [0.1, 0.15) is 17.2 Å². The molecule has 9 heteroatoms. The van der Waals surface area contributed by atoms with E-state index in [2.05, 4.69) is 24.8 Å². The van der Waals surface area contributed by atoms with E-state index in [9.17, 15) is 8.78 Å². The quantitative estimate of drug-likeness (QED) is 0.717. The van der Waals surface area contributed by atoms with Gasteiger partial charge in [0.25, 0.3) is 6.43 Å². The van der Waals surface area contributed by atoms with E-state index in [1.165, 1.54) is 12.4 Å². The Morgan fingerprint density at radius 3 is 2.65 bits per heavy atom. The Bertz CT molecular complexity index is 949. The van der Waals surface area contributed by atoms with Gasteiger partial charge in [0.2, 0.25) is 0 Å². The van der Waals surface area contributed by atoms with Gasteiger partial charge in [-0.15, -0.1) is 0 Å². The largest absolute Gasteiger partial charge is 0.371 e. The number of ether oxygens (including phenoxy) is 1. The molecule has 2 aliphatic heterocycles. The molecular formula is C17H16F2N6O. The van der Waals surface area contributed by atoms with Crippen molar-refractivity contribution in [2.45, 2.75) is 31.5 Å². The third kappa shape index (κ3) is 2.59. The molecule has 2 saturated heterocycles. The summed E-state index contributed by atoms with van der Waals surface area (Å²) in [6.45, 7) is 1.61. The summed E-state index contributed by atoms with van der Waals surface area (Å²) >= 11 is 0. The van der Waals surface area contributed by atoms with Crippen molar-refractivity contribution < 1.29 is 13.5 Å². The molecule has 0 spiro atoms. The van der Waals surface area contributed by atoms with Crippen LogP contribution in [-0.2, 0) is 4.74 Å². The molecule has 2 atom stereocenters. The molecule has 0 saturated carbocycles. The zero-order valence-electron chi connectivity index (χ0n) is 13.8. The highest BCUT2D eigenvalue weighted by Crippen LogP contribution is 2.29. The summed E-state index contributed by atoms with van der Waals surface area (Å²) in [5.74, 6) is 1.26. The van der Waals surface area contributed by atoms with Crippen LogP contribution < -0.4 is 4.90 Å². The van der Waals surface area contributed by atoms with Crippen LogP contribution >= 0.6 is 0 Å². The minimum Gasteiger partial charge on any atom is -0.371 e. The number of morpholine rings is 1. The number of anilines is 1. The Morgan fingerprint density at radius 1 is 1.08 bits per heavy atom. The highest BCUT2D eigenvalue weighted by atomic mass is 19.3. The number of nitrogens with zero attached hydrogens (tertiary/aromatic N) is 6. The Balaban J connectivity index is 1.53. The van der Waals surface area contributed by atoms with Gasteiger partial charge in [0, 0.05) is 25.5 Å². The van der Waals surface area contributed by atoms with Crippen LogP contribution in [0.5, 0.6) is 0 Å². The van der Waals surface area contributed by atoms with Crippen molar-refractivity contribution in [2.24, 2.45) is 0 Å². The fraction of sp³-hybridized carbons (Fsp3) is 0.412. The maximum Gasteiger partial charge on any atom is 0.281 e. The van der Waals surface area contributed by atoms with Crippen LogP contribution in [0.15, 0.2) is 30.9 Å². The van der Waals surface area contributed by atoms with Gasteiger partial charge in [-0.05, 0) is 18.9 Å². The summed E-state index contributed by atoms with van der Waals surface area (Å²) < 4.78 is 33.4.